The van der Waals surface area contributed by atoms with Crippen LogP contribution in [0, 0.1) is 0 Å². The maximum Gasteiger partial charge on any atom is 0.335 e. The van der Waals surface area contributed by atoms with Crippen molar-refractivity contribution in [2.45, 2.75) is 0 Å². The summed E-state index contributed by atoms with van der Waals surface area (Å²) in [6, 6.07) is 38.2. The molecule has 36 heavy (non-hydrogen) atoms. The topological polar surface area (TPSA) is 74.6 Å². The minimum Gasteiger partial charge on any atom is -0.478 e. The third-order valence-electron chi connectivity index (χ3n) is 6.25. The van der Waals surface area contributed by atoms with Crippen molar-refractivity contribution in [1.82, 2.24) is 0 Å². The Morgan fingerprint density at radius 2 is 0.611 bits per heavy atom. The number of hydrogen-bond donors (Lipinski definition) is 2. The number of aromatic carboxylic acids is 2. The fraction of sp³-hybridized carbons (Fsp3) is 0. The molecule has 0 spiro atoms. The van der Waals surface area contributed by atoms with Crippen LogP contribution in [0.5, 0.6) is 0 Å². The first-order valence-electron chi connectivity index (χ1n) is 11.5. The maximum absolute atomic E-state index is 11.3. The van der Waals surface area contributed by atoms with Crippen molar-refractivity contribution in [3.05, 3.63) is 132 Å². The molecule has 174 valence electrons. The third-order valence-corrected chi connectivity index (χ3v) is 6.25. The Labute approximate surface area is 208 Å². The average Bonchev–Trinajstić information content (AvgIpc) is 2.93. The molecule has 5 rings (SSSR count). The minimum absolute atomic E-state index is 0.250. The molecule has 0 amide bonds. The summed E-state index contributed by atoms with van der Waals surface area (Å²) in [6.45, 7) is 0. The Bertz CT molecular complexity index is 1450. The highest BCUT2D eigenvalue weighted by Gasteiger charge is 2.15. The SMILES string of the molecule is O=C(O)c1ccc(-c2ccccc2-c2ccccc2-c2ccccc2-c2ccc(C(=O)O)cc2)cc1. The number of benzene rings is 5. The summed E-state index contributed by atoms with van der Waals surface area (Å²) in [5.41, 5.74) is 8.54. The van der Waals surface area contributed by atoms with Gasteiger partial charge in [-0.05, 0) is 68.8 Å². The molecule has 5 aromatic carbocycles. The van der Waals surface area contributed by atoms with E-state index >= 15 is 0 Å². The molecular formula is C32H22O4. The van der Waals surface area contributed by atoms with Gasteiger partial charge in [0.1, 0.15) is 0 Å². The Kier molecular flexibility index (Phi) is 6.16. The summed E-state index contributed by atoms with van der Waals surface area (Å²) in [7, 11) is 0. The highest BCUT2D eigenvalue weighted by atomic mass is 16.4. The van der Waals surface area contributed by atoms with Gasteiger partial charge >= 0.3 is 11.9 Å². The molecule has 0 aliphatic carbocycles. The normalized spacial score (nSPS) is 10.7. The summed E-state index contributed by atoms with van der Waals surface area (Å²) < 4.78 is 0. The van der Waals surface area contributed by atoms with E-state index < -0.39 is 11.9 Å². The van der Waals surface area contributed by atoms with E-state index in [-0.39, 0.29) is 11.1 Å². The summed E-state index contributed by atoms with van der Waals surface area (Å²) in [6.07, 6.45) is 0. The van der Waals surface area contributed by atoms with Crippen molar-refractivity contribution in [2.24, 2.45) is 0 Å². The van der Waals surface area contributed by atoms with Gasteiger partial charge in [0.2, 0.25) is 0 Å². The largest absolute Gasteiger partial charge is 0.478 e. The van der Waals surface area contributed by atoms with Gasteiger partial charge in [-0.3, -0.25) is 0 Å². The maximum atomic E-state index is 11.3. The lowest BCUT2D eigenvalue weighted by molar-refractivity contribution is 0.0686. The quantitative estimate of drug-likeness (QED) is 0.266. The van der Waals surface area contributed by atoms with E-state index in [4.69, 9.17) is 0 Å². The van der Waals surface area contributed by atoms with Gasteiger partial charge in [-0.15, -0.1) is 0 Å². The number of carboxylic acid groups (broad SMARTS) is 2. The van der Waals surface area contributed by atoms with Crippen molar-refractivity contribution >= 4 is 11.9 Å². The highest BCUT2D eigenvalue weighted by molar-refractivity contribution is 5.96. The van der Waals surface area contributed by atoms with Crippen LogP contribution in [0.1, 0.15) is 20.7 Å². The summed E-state index contributed by atoms with van der Waals surface area (Å²) in [4.78, 5) is 22.6. The van der Waals surface area contributed by atoms with Gasteiger partial charge in [-0.2, -0.15) is 0 Å². The van der Waals surface area contributed by atoms with Crippen LogP contribution in [0.3, 0.4) is 0 Å². The van der Waals surface area contributed by atoms with Crippen molar-refractivity contribution in [3.8, 4) is 44.5 Å². The molecule has 0 fully saturated rings. The van der Waals surface area contributed by atoms with Gasteiger partial charge in [-0.1, -0.05) is 97.1 Å². The highest BCUT2D eigenvalue weighted by Crippen LogP contribution is 2.41. The molecule has 0 aromatic heterocycles. The second kappa shape index (κ2) is 9.72. The molecule has 0 atom stereocenters. The summed E-state index contributed by atoms with van der Waals surface area (Å²) in [5, 5.41) is 18.5. The predicted octanol–water partition coefficient (Wildman–Crippen LogP) is 7.75. The monoisotopic (exact) mass is 470 g/mol. The van der Waals surface area contributed by atoms with E-state index in [1.54, 1.807) is 24.3 Å². The second-order valence-electron chi connectivity index (χ2n) is 8.40. The first-order valence-corrected chi connectivity index (χ1v) is 11.5. The van der Waals surface area contributed by atoms with Crippen LogP contribution in [-0.4, -0.2) is 22.2 Å². The molecule has 0 aliphatic rings. The Hall–Kier alpha value is -4.96. The standard InChI is InChI=1S/C32H22O4/c33-31(34)23-17-13-21(14-18-23)25-7-1-3-9-27(25)29-11-5-6-12-30(29)28-10-4-2-8-26(28)22-15-19-24(20-16-22)32(35)36/h1-20H,(H,33,34)(H,35,36). The Morgan fingerprint density at radius 1 is 0.361 bits per heavy atom. The van der Waals surface area contributed by atoms with Gasteiger partial charge < -0.3 is 10.2 Å². The van der Waals surface area contributed by atoms with Crippen LogP contribution in [0.4, 0.5) is 0 Å². The van der Waals surface area contributed by atoms with Gasteiger partial charge in [0.25, 0.3) is 0 Å². The molecule has 5 aromatic rings. The molecule has 0 heterocycles. The van der Waals surface area contributed by atoms with Gasteiger partial charge in [0.05, 0.1) is 11.1 Å². The zero-order valence-corrected chi connectivity index (χ0v) is 19.3. The molecule has 4 nitrogen and oxygen atoms in total. The van der Waals surface area contributed by atoms with E-state index in [9.17, 15) is 19.8 Å². The molecule has 0 unspecified atom stereocenters. The van der Waals surface area contributed by atoms with E-state index in [1.165, 1.54) is 0 Å². The Balaban J connectivity index is 1.65. The van der Waals surface area contributed by atoms with Crippen molar-refractivity contribution in [2.75, 3.05) is 0 Å². The molecular weight excluding hydrogens is 448 g/mol. The van der Waals surface area contributed by atoms with Crippen LogP contribution in [-0.2, 0) is 0 Å². The molecule has 4 heteroatoms. The second-order valence-corrected chi connectivity index (χ2v) is 8.40. The van der Waals surface area contributed by atoms with E-state index in [1.807, 2.05) is 72.8 Å². The molecule has 0 saturated heterocycles. The van der Waals surface area contributed by atoms with E-state index in [0.29, 0.717) is 0 Å². The first-order chi connectivity index (χ1) is 17.5. The number of carboxylic acids is 2. The van der Waals surface area contributed by atoms with E-state index in [0.717, 1.165) is 44.5 Å². The van der Waals surface area contributed by atoms with Crippen molar-refractivity contribution in [1.29, 1.82) is 0 Å². The Morgan fingerprint density at radius 3 is 0.889 bits per heavy atom. The lowest BCUT2D eigenvalue weighted by Crippen LogP contribution is -1.96. The lowest BCUT2D eigenvalue weighted by Gasteiger charge is -2.17. The van der Waals surface area contributed by atoms with Crippen LogP contribution in [0.25, 0.3) is 44.5 Å². The smallest absolute Gasteiger partial charge is 0.335 e. The first kappa shape index (κ1) is 22.8. The van der Waals surface area contributed by atoms with Crippen molar-refractivity contribution in [3.63, 3.8) is 0 Å². The average molecular weight is 471 g/mol. The van der Waals surface area contributed by atoms with Crippen LogP contribution in [0.2, 0.25) is 0 Å². The van der Waals surface area contributed by atoms with Gasteiger partial charge in [0, 0.05) is 0 Å². The van der Waals surface area contributed by atoms with Gasteiger partial charge in [-0.25, -0.2) is 9.59 Å². The minimum atomic E-state index is -0.951. The van der Waals surface area contributed by atoms with E-state index in [2.05, 4.69) is 24.3 Å². The molecule has 0 saturated carbocycles. The fourth-order valence-corrected chi connectivity index (χ4v) is 4.48. The zero-order valence-electron chi connectivity index (χ0n) is 19.3. The van der Waals surface area contributed by atoms with Crippen LogP contribution < -0.4 is 0 Å². The van der Waals surface area contributed by atoms with Gasteiger partial charge in [0.15, 0.2) is 0 Å². The molecule has 0 aliphatic heterocycles. The van der Waals surface area contributed by atoms with Crippen molar-refractivity contribution < 1.29 is 19.8 Å². The third kappa shape index (κ3) is 4.40. The summed E-state index contributed by atoms with van der Waals surface area (Å²) in [5.74, 6) is -1.90. The summed E-state index contributed by atoms with van der Waals surface area (Å²) >= 11 is 0. The number of carbonyl (C=O) groups is 2. The number of rotatable bonds is 6. The fourth-order valence-electron chi connectivity index (χ4n) is 4.48. The number of hydrogen-bond acceptors (Lipinski definition) is 2. The lowest BCUT2D eigenvalue weighted by atomic mass is 9.86. The van der Waals surface area contributed by atoms with Crippen LogP contribution in [0.15, 0.2) is 121 Å². The molecule has 0 bridgehead atoms. The van der Waals surface area contributed by atoms with Crippen LogP contribution >= 0.6 is 0 Å². The predicted molar refractivity (Wildman–Crippen MR) is 142 cm³/mol. The zero-order chi connectivity index (χ0) is 25.1. The molecule has 0 radical (unpaired) electrons. The molecule has 2 N–H and O–H groups in total.